The average Bonchev–Trinajstić information content (AvgIpc) is 3.88. The number of epoxide rings is 1. The molecule has 0 aromatic heterocycles. The van der Waals surface area contributed by atoms with Gasteiger partial charge in [0, 0.05) is 13.2 Å². The van der Waals surface area contributed by atoms with Crippen LogP contribution in [0.4, 0.5) is 0 Å². The maximum absolute atomic E-state index is 8.64. The molecule has 0 bridgehead atoms. The molecule has 1 aliphatic heterocycles. The van der Waals surface area contributed by atoms with Crippen molar-refractivity contribution in [3.8, 4) is 0 Å². The fourth-order valence-electron chi connectivity index (χ4n) is 3.18. The summed E-state index contributed by atoms with van der Waals surface area (Å²) in [5.41, 5.74) is 0. The lowest BCUT2D eigenvalue weighted by Gasteiger charge is -2.09. The Hall–Kier alpha value is -0.600. The SMILES string of the molecule is OCCCOCCOCCOCCOCCOCCOCCOCCOCCOCCOCCOCCOCCOCC1CO1. The van der Waals surface area contributed by atoms with E-state index in [-0.39, 0.29) is 6.61 Å². The zero-order valence-electron chi connectivity index (χ0n) is 27.2. The molecule has 1 saturated heterocycles. The highest BCUT2D eigenvalue weighted by Crippen LogP contribution is 2.07. The molecule has 0 radical (unpaired) electrons. The van der Waals surface area contributed by atoms with Crippen LogP contribution in [0, 0.1) is 0 Å². The van der Waals surface area contributed by atoms with Gasteiger partial charge in [-0.1, -0.05) is 0 Å². The van der Waals surface area contributed by atoms with Crippen LogP contribution in [0.5, 0.6) is 0 Å². The van der Waals surface area contributed by atoms with Gasteiger partial charge in [-0.2, -0.15) is 0 Å². The van der Waals surface area contributed by atoms with E-state index in [1.807, 2.05) is 0 Å². The van der Waals surface area contributed by atoms with Crippen LogP contribution in [0.15, 0.2) is 0 Å². The first-order valence-electron chi connectivity index (χ1n) is 16.2. The first-order chi connectivity index (χ1) is 22.4. The van der Waals surface area contributed by atoms with E-state index in [0.29, 0.717) is 184 Å². The summed E-state index contributed by atoms with van der Waals surface area (Å²) in [6.45, 7) is 14.6. The van der Waals surface area contributed by atoms with Gasteiger partial charge >= 0.3 is 0 Å². The molecule has 1 N–H and O–H groups in total. The van der Waals surface area contributed by atoms with Gasteiger partial charge in [0.2, 0.25) is 0 Å². The second kappa shape index (κ2) is 37.9. The standard InChI is InChI=1S/C30H60O15/c31-2-1-3-32-4-5-33-6-7-34-8-9-35-10-11-36-12-13-37-14-15-38-16-17-39-18-19-40-20-21-41-22-23-42-24-25-43-26-27-44-28-30-29-45-30/h30-31H,1-29H2. The van der Waals surface area contributed by atoms with E-state index >= 15 is 0 Å². The Bertz CT molecular complexity index is 545. The van der Waals surface area contributed by atoms with E-state index in [1.165, 1.54) is 0 Å². The molecule has 0 spiro atoms. The maximum Gasteiger partial charge on any atom is 0.104 e. The lowest BCUT2D eigenvalue weighted by atomic mass is 10.5. The van der Waals surface area contributed by atoms with Crippen LogP contribution in [0.3, 0.4) is 0 Å². The third kappa shape index (κ3) is 37.7. The van der Waals surface area contributed by atoms with Gasteiger partial charge in [-0.25, -0.2) is 0 Å². The summed E-state index contributed by atoms with van der Waals surface area (Å²) in [5.74, 6) is 0. The first-order valence-corrected chi connectivity index (χ1v) is 16.2. The van der Waals surface area contributed by atoms with Crippen LogP contribution < -0.4 is 0 Å². The van der Waals surface area contributed by atoms with Crippen LogP contribution in [0.1, 0.15) is 6.42 Å². The van der Waals surface area contributed by atoms with Crippen molar-refractivity contribution < 1.29 is 71.4 Å². The van der Waals surface area contributed by atoms with Crippen molar-refractivity contribution in [2.24, 2.45) is 0 Å². The summed E-state index contributed by atoms with van der Waals surface area (Å²) in [6.07, 6.45) is 0.945. The smallest absolute Gasteiger partial charge is 0.104 e. The zero-order chi connectivity index (χ0) is 32.0. The summed E-state index contributed by atoms with van der Waals surface area (Å²) in [5, 5.41) is 8.64. The molecule has 0 aliphatic carbocycles. The summed E-state index contributed by atoms with van der Waals surface area (Å²) in [6, 6.07) is 0. The normalized spacial score (nSPS) is 14.5. The molecule has 0 saturated carbocycles. The van der Waals surface area contributed by atoms with Crippen LogP contribution >= 0.6 is 0 Å². The predicted molar refractivity (Wildman–Crippen MR) is 162 cm³/mol. The number of aliphatic hydroxyl groups excluding tert-OH is 1. The third-order valence-corrected chi connectivity index (χ3v) is 5.62. The Morgan fingerprint density at radius 3 is 0.733 bits per heavy atom. The number of hydrogen-bond donors (Lipinski definition) is 1. The topological polar surface area (TPSA) is 153 Å². The van der Waals surface area contributed by atoms with Crippen molar-refractivity contribution in [2.45, 2.75) is 12.5 Å². The zero-order valence-corrected chi connectivity index (χ0v) is 27.2. The Morgan fingerprint density at radius 1 is 0.333 bits per heavy atom. The van der Waals surface area contributed by atoms with Crippen molar-refractivity contribution in [1.82, 2.24) is 0 Å². The van der Waals surface area contributed by atoms with E-state index in [0.717, 1.165) is 6.61 Å². The molecule has 1 heterocycles. The Balaban J connectivity index is 1.58. The Morgan fingerprint density at radius 2 is 0.533 bits per heavy atom. The molecule has 1 aliphatic rings. The van der Waals surface area contributed by atoms with Crippen molar-refractivity contribution in [1.29, 1.82) is 0 Å². The second-order valence-electron chi connectivity index (χ2n) is 9.46. The third-order valence-electron chi connectivity index (χ3n) is 5.62. The van der Waals surface area contributed by atoms with E-state index < -0.39 is 0 Å². The lowest BCUT2D eigenvalue weighted by molar-refractivity contribution is -0.0291. The first kappa shape index (κ1) is 42.4. The minimum atomic E-state index is 0.147. The van der Waals surface area contributed by atoms with Crippen molar-refractivity contribution in [2.75, 3.05) is 185 Å². The number of aliphatic hydroxyl groups is 1. The second-order valence-corrected chi connectivity index (χ2v) is 9.46. The number of hydrogen-bond acceptors (Lipinski definition) is 15. The van der Waals surface area contributed by atoms with Crippen LogP contribution in [0.2, 0.25) is 0 Å². The molecule has 1 fully saturated rings. The molecule has 270 valence electrons. The van der Waals surface area contributed by atoms with Crippen molar-refractivity contribution in [3.63, 3.8) is 0 Å². The van der Waals surface area contributed by atoms with Crippen LogP contribution in [-0.4, -0.2) is 196 Å². The largest absolute Gasteiger partial charge is 0.396 e. The van der Waals surface area contributed by atoms with Gasteiger partial charge in [0.05, 0.1) is 172 Å². The molecule has 0 aromatic rings. The molecule has 1 unspecified atom stereocenters. The minimum Gasteiger partial charge on any atom is -0.396 e. The van der Waals surface area contributed by atoms with Crippen molar-refractivity contribution >= 4 is 0 Å². The van der Waals surface area contributed by atoms with Gasteiger partial charge in [0.1, 0.15) is 6.10 Å². The number of ether oxygens (including phenoxy) is 14. The summed E-state index contributed by atoms with van der Waals surface area (Å²) < 4.78 is 75.6. The average molecular weight is 661 g/mol. The molecular weight excluding hydrogens is 600 g/mol. The monoisotopic (exact) mass is 660 g/mol. The maximum atomic E-state index is 8.64. The van der Waals surface area contributed by atoms with Gasteiger partial charge < -0.3 is 71.4 Å². The quantitative estimate of drug-likeness (QED) is 0.0690. The van der Waals surface area contributed by atoms with Gasteiger partial charge in [-0.05, 0) is 6.42 Å². The molecule has 1 atom stereocenters. The van der Waals surface area contributed by atoms with E-state index in [1.54, 1.807) is 0 Å². The fourth-order valence-corrected chi connectivity index (χ4v) is 3.18. The predicted octanol–water partition coefficient (Wildman–Crippen LogP) is -0.0166. The van der Waals surface area contributed by atoms with E-state index in [9.17, 15) is 0 Å². The van der Waals surface area contributed by atoms with Crippen molar-refractivity contribution in [3.05, 3.63) is 0 Å². The molecule has 15 nitrogen and oxygen atoms in total. The van der Waals surface area contributed by atoms with E-state index in [4.69, 9.17) is 71.4 Å². The molecule has 0 amide bonds. The molecule has 0 aromatic carbocycles. The molecule has 1 rings (SSSR count). The van der Waals surface area contributed by atoms with Gasteiger partial charge in [-0.3, -0.25) is 0 Å². The summed E-state index contributed by atoms with van der Waals surface area (Å²) >= 11 is 0. The van der Waals surface area contributed by atoms with Crippen LogP contribution in [-0.2, 0) is 66.3 Å². The molecule has 45 heavy (non-hydrogen) atoms. The summed E-state index contributed by atoms with van der Waals surface area (Å²) in [7, 11) is 0. The molecular formula is C30H60O15. The highest BCUT2D eigenvalue weighted by Gasteiger charge is 2.21. The highest BCUT2D eigenvalue weighted by molar-refractivity contribution is 4.66. The van der Waals surface area contributed by atoms with E-state index in [2.05, 4.69) is 0 Å². The Labute approximate surface area is 269 Å². The van der Waals surface area contributed by atoms with Gasteiger partial charge in [-0.15, -0.1) is 0 Å². The summed E-state index contributed by atoms with van der Waals surface area (Å²) in [4.78, 5) is 0. The van der Waals surface area contributed by atoms with Crippen LogP contribution in [0.25, 0.3) is 0 Å². The van der Waals surface area contributed by atoms with Gasteiger partial charge in [0.25, 0.3) is 0 Å². The molecule has 15 heteroatoms. The fraction of sp³-hybridized carbons (Fsp3) is 1.00. The Kier molecular flexibility index (Phi) is 35.7. The van der Waals surface area contributed by atoms with Gasteiger partial charge in [0.15, 0.2) is 0 Å². The lowest BCUT2D eigenvalue weighted by Crippen LogP contribution is -2.15. The minimum absolute atomic E-state index is 0.147. The number of rotatable bonds is 41. The highest BCUT2D eigenvalue weighted by atomic mass is 16.6.